The first kappa shape index (κ1) is 11.0. The fourth-order valence-corrected chi connectivity index (χ4v) is 2.92. The molecule has 90 valence electrons. The summed E-state index contributed by atoms with van der Waals surface area (Å²) in [4.78, 5) is 2.55. The molecule has 1 aliphatic heterocycles. The van der Waals surface area contributed by atoms with E-state index in [-0.39, 0.29) is 0 Å². The number of allylic oxidation sites excluding steroid dienone is 1. The van der Waals surface area contributed by atoms with Crippen LogP contribution < -0.4 is 5.32 Å². The van der Waals surface area contributed by atoms with Crippen LogP contribution in [0.25, 0.3) is 5.57 Å². The highest BCUT2D eigenvalue weighted by molar-refractivity contribution is 5.75. The van der Waals surface area contributed by atoms with Gasteiger partial charge in [0.05, 0.1) is 0 Å². The van der Waals surface area contributed by atoms with E-state index in [4.69, 9.17) is 0 Å². The molecule has 0 spiro atoms. The Morgan fingerprint density at radius 2 is 2.00 bits per heavy atom. The first-order valence-corrected chi connectivity index (χ1v) is 6.57. The lowest BCUT2D eigenvalue weighted by Crippen LogP contribution is -2.43. The van der Waals surface area contributed by atoms with Crippen molar-refractivity contribution in [2.45, 2.75) is 12.8 Å². The highest BCUT2D eigenvalue weighted by atomic mass is 15.2. The molecule has 0 aromatic heterocycles. The molecule has 2 nitrogen and oxygen atoms in total. The van der Waals surface area contributed by atoms with E-state index < -0.39 is 0 Å². The molecule has 17 heavy (non-hydrogen) atoms. The summed E-state index contributed by atoms with van der Waals surface area (Å²) in [5.74, 6) is 0.587. The lowest BCUT2D eigenvalue weighted by molar-refractivity contribution is 0.268. The highest BCUT2D eigenvalue weighted by Gasteiger charge is 2.21. The van der Waals surface area contributed by atoms with E-state index in [9.17, 15) is 0 Å². The van der Waals surface area contributed by atoms with Crippen LogP contribution in [0.5, 0.6) is 0 Å². The van der Waals surface area contributed by atoms with Crippen LogP contribution in [0.2, 0.25) is 0 Å². The molecular weight excluding hydrogens is 208 g/mol. The van der Waals surface area contributed by atoms with Crippen molar-refractivity contribution in [2.24, 2.45) is 0 Å². The van der Waals surface area contributed by atoms with Gasteiger partial charge in [0.2, 0.25) is 0 Å². The second-order valence-corrected chi connectivity index (χ2v) is 5.09. The van der Waals surface area contributed by atoms with E-state index in [1.165, 1.54) is 29.8 Å². The summed E-state index contributed by atoms with van der Waals surface area (Å²) in [6.07, 6.45) is 2.44. The fourth-order valence-electron chi connectivity index (χ4n) is 2.92. The third-order valence-electron chi connectivity index (χ3n) is 3.85. The molecule has 3 rings (SSSR count). The van der Waals surface area contributed by atoms with Crippen LogP contribution in [0, 0.1) is 0 Å². The lowest BCUT2D eigenvalue weighted by atomic mass is 10.0. The van der Waals surface area contributed by atoms with Crippen LogP contribution in [-0.4, -0.2) is 37.6 Å². The zero-order chi connectivity index (χ0) is 11.7. The number of piperazine rings is 1. The Labute approximate surface area is 103 Å². The van der Waals surface area contributed by atoms with Crippen molar-refractivity contribution in [3.8, 4) is 0 Å². The molecule has 1 saturated heterocycles. The molecular formula is C15H20N2. The second-order valence-electron chi connectivity index (χ2n) is 5.09. The van der Waals surface area contributed by atoms with Crippen molar-refractivity contribution < 1.29 is 0 Å². The van der Waals surface area contributed by atoms with Crippen LogP contribution >= 0.6 is 0 Å². The maximum absolute atomic E-state index is 3.41. The van der Waals surface area contributed by atoms with Crippen LogP contribution in [-0.2, 0) is 0 Å². The summed E-state index contributed by atoms with van der Waals surface area (Å²) >= 11 is 0. The zero-order valence-corrected chi connectivity index (χ0v) is 10.4. The molecule has 0 radical (unpaired) electrons. The van der Waals surface area contributed by atoms with Gasteiger partial charge in [-0.1, -0.05) is 37.3 Å². The number of fused-ring (bicyclic) bond motifs is 1. The first-order chi connectivity index (χ1) is 8.34. The van der Waals surface area contributed by atoms with Crippen LogP contribution in [0.15, 0.2) is 30.3 Å². The summed E-state index contributed by atoms with van der Waals surface area (Å²) in [6.45, 7) is 8.02. The van der Waals surface area contributed by atoms with Gasteiger partial charge in [0, 0.05) is 38.6 Å². The van der Waals surface area contributed by atoms with E-state index in [2.05, 4.69) is 47.5 Å². The average Bonchev–Trinajstić information content (AvgIpc) is 2.69. The molecule has 1 N–H and O–H groups in total. The highest BCUT2D eigenvalue weighted by Crippen LogP contribution is 2.35. The maximum Gasteiger partial charge on any atom is 0.0237 e. The Hall–Kier alpha value is -1.12. The SMILES string of the molecule is CC1C=C(CN2CCNCC2)c2ccccc21. The van der Waals surface area contributed by atoms with Crippen LogP contribution in [0.4, 0.5) is 0 Å². The minimum atomic E-state index is 0.587. The number of nitrogens with zero attached hydrogens (tertiary/aromatic N) is 1. The Morgan fingerprint density at radius 1 is 1.24 bits per heavy atom. The van der Waals surface area contributed by atoms with Gasteiger partial charge < -0.3 is 5.32 Å². The van der Waals surface area contributed by atoms with Crippen molar-refractivity contribution in [1.82, 2.24) is 10.2 Å². The van der Waals surface area contributed by atoms with Crippen molar-refractivity contribution in [3.63, 3.8) is 0 Å². The summed E-state index contributed by atoms with van der Waals surface area (Å²) in [6, 6.07) is 8.84. The fraction of sp³-hybridized carbons (Fsp3) is 0.467. The summed E-state index contributed by atoms with van der Waals surface area (Å²) in [5, 5.41) is 3.41. The minimum Gasteiger partial charge on any atom is -0.314 e. The van der Waals surface area contributed by atoms with Crippen LogP contribution in [0.3, 0.4) is 0 Å². The molecule has 1 aromatic rings. The van der Waals surface area contributed by atoms with Crippen molar-refractivity contribution in [1.29, 1.82) is 0 Å². The van der Waals surface area contributed by atoms with E-state index in [1.54, 1.807) is 0 Å². The molecule has 2 heteroatoms. The zero-order valence-electron chi connectivity index (χ0n) is 10.4. The summed E-state index contributed by atoms with van der Waals surface area (Å²) in [5.41, 5.74) is 4.49. The Balaban J connectivity index is 1.78. The monoisotopic (exact) mass is 228 g/mol. The molecule has 0 amide bonds. The van der Waals surface area contributed by atoms with Gasteiger partial charge in [-0.05, 0) is 16.7 Å². The number of benzene rings is 1. The van der Waals surface area contributed by atoms with Gasteiger partial charge in [-0.3, -0.25) is 4.90 Å². The number of nitrogens with one attached hydrogen (secondary N) is 1. The van der Waals surface area contributed by atoms with Gasteiger partial charge >= 0.3 is 0 Å². The summed E-state index contributed by atoms with van der Waals surface area (Å²) in [7, 11) is 0. The van der Waals surface area contributed by atoms with Gasteiger partial charge in [0.25, 0.3) is 0 Å². The Bertz CT molecular complexity index is 430. The predicted octanol–water partition coefficient (Wildman–Crippen LogP) is 2.09. The molecule has 1 atom stereocenters. The quantitative estimate of drug-likeness (QED) is 0.834. The molecule has 1 aromatic carbocycles. The standard InChI is InChI=1S/C15H20N2/c1-12-10-13(11-17-8-6-16-7-9-17)15-5-3-2-4-14(12)15/h2-5,10,12,16H,6-9,11H2,1H3. The lowest BCUT2D eigenvalue weighted by Gasteiger charge is -2.27. The van der Waals surface area contributed by atoms with E-state index in [1.807, 2.05) is 0 Å². The average molecular weight is 228 g/mol. The predicted molar refractivity (Wildman–Crippen MR) is 72.1 cm³/mol. The number of hydrogen-bond donors (Lipinski definition) is 1. The van der Waals surface area contributed by atoms with E-state index in [0.717, 1.165) is 19.6 Å². The molecule has 1 unspecified atom stereocenters. The number of hydrogen-bond acceptors (Lipinski definition) is 2. The van der Waals surface area contributed by atoms with Gasteiger partial charge in [-0.25, -0.2) is 0 Å². The largest absolute Gasteiger partial charge is 0.314 e. The second kappa shape index (κ2) is 4.63. The van der Waals surface area contributed by atoms with E-state index >= 15 is 0 Å². The molecule has 2 aliphatic rings. The maximum atomic E-state index is 3.41. The Kier molecular flexibility index (Phi) is 3.00. The van der Waals surface area contributed by atoms with Gasteiger partial charge in [0.15, 0.2) is 0 Å². The normalized spacial score (nSPS) is 24.5. The van der Waals surface area contributed by atoms with Crippen molar-refractivity contribution >= 4 is 5.57 Å². The van der Waals surface area contributed by atoms with Gasteiger partial charge in [0.1, 0.15) is 0 Å². The topological polar surface area (TPSA) is 15.3 Å². The van der Waals surface area contributed by atoms with Gasteiger partial charge in [-0.15, -0.1) is 0 Å². The number of rotatable bonds is 2. The van der Waals surface area contributed by atoms with E-state index in [0.29, 0.717) is 5.92 Å². The summed E-state index contributed by atoms with van der Waals surface area (Å²) < 4.78 is 0. The minimum absolute atomic E-state index is 0.587. The third-order valence-corrected chi connectivity index (χ3v) is 3.85. The molecule has 1 heterocycles. The molecule has 1 fully saturated rings. The van der Waals surface area contributed by atoms with Crippen LogP contribution in [0.1, 0.15) is 24.0 Å². The smallest absolute Gasteiger partial charge is 0.0237 e. The first-order valence-electron chi connectivity index (χ1n) is 6.57. The molecule has 1 aliphatic carbocycles. The van der Waals surface area contributed by atoms with Gasteiger partial charge in [-0.2, -0.15) is 0 Å². The molecule has 0 saturated carbocycles. The van der Waals surface area contributed by atoms with Crippen molar-refractivity contribution in [2.75, 3.05) is 32.7 Å². The molecule has 0 bridgehead atoms. The Morgan fingerprint density at radius 3 is 2.82 bits per heavy atom. The van der Waals surface area contributed by atoms with Crippen molar-refractivity contribution in [3.05, 3.63) is 41.5 Å². The third kappa shape index (κ3) is 2.15.